The Morgan fingerprint density at radius 3 is 2.78 bits per heavy atom. The lowest BCUT2D eigenvalue weighted by atomic mass is 10.1. The number of benzene rings is 1. The van der Waals surface area contributed by atoms with Crippen molar-refractivity contribution in [3.63, 3.8) is 0 Å². The van der Waals surface area contributed by atoms with Crippen molar-refractivity contribution in [3.8, 4) is 0 Å². The molecule has 2 heterocycles. The molecule has 1 saturated heterocycles. The van der Waals surface area contributed by atoms with Crippen LogP contribution >= 0.6 is 0 Å². The van der Waals surface area contributed by atoms with Gasteiger partial charge in [-0.05, 0) is 32.3 Å². The smallest absolute Gasteiger partial charge is 0.292 e. The molecule has 1 amide bonds. The van der Waals surface area contributed by atoms with Crippen LogP contribution in [-0.4, -0.2) is 46.7 Å². The summed E-state index contributed by atoms with van der Waals surface area (Å²) >= 11 is 0. The molecule has 1 aliphatic carbocycles. The monoisotopic (exact) mass is 311 g/mol. The molecule has 1 atom stereocenters. The molecule has 2 aromatic rings. The molecule has 1 aromatic carbocycles. The van der Waals surface area contributed by atoms with Gasteiger partial charge in [0.05, 0.1) is 5.56 Å². The molecule has 120 valence electrons. The van der Waals surface area contributed by atoms with Gasteiger partial charge in [-0.25, -0.2) is 0 Å². The van der Waals surface area contributed by atoms with Crippen LogP contribution in [0.1, 0.15) is 35.3 Å². The van der Waals surface area contributed by atoms with Crippen molar-refractivity contribution in [2.75, 3.05) is 13.1 Å². The second-order valence-electron chi connectivity index (χ2n) is 6.68. The number of rotatable bonds is 4. The van der Waals surface area contributed by atoms with Gasteiger partial charge >= 0.3 is 0 Å². The predicted octanol–water partition coefficient (Wildman–Crippen LogP) is 2.01. The van der Waals surface area contributed by atoms with Crippen LogP contribution in [-0.2, 0) is 4.79 Å². The summed E-state index contributed by atoms with van der Waals surface area (Å²) in [4.78, 5) is 30.6. The molecule has 1 saturated carbocycles. The molecule has 0 spiro atoms. The number of aryl methyl sites for hydroxylation is 1. The molecular formula is C18H21N3O2. The van der Waals surface area contributed by atoms with Crippen LogP contribution in [0.25, 0.3) is 10.9 Å². The molecule has 23 heavy (non-hydrogen) atoms. The quantitative estimate of drug-likeness (QED) is 0.670. The third-order valence-corrected chi connectivity index (χ3v) is 4.95. The fourth-order valence-electron chi connectivity index (χ4n) is 3.61. The van der Waals surface area contributed by atoms with Crippen molar-refractivity contribution >= 4 is 22.6 Å². The number of aromatic nitrogens is 1. The summed E-state index contributed by atoms with van der Waals surface area (Å²) in [6, 6.07) is 8.40. The van der Waals surface area contributed by atoms with Crippen molar-refractivity contribution in [2.24, 2.45) is 0 Å². The van der Waals surface area contributed by atoms with Gasteiger partial charge in [-0.1, -0.05) is 18.2 Å². The first-order valence-electron chi connectivity index (χ1n) is 8.30. The van der Waals surface area contributed by atoms with Crippen molar-refractivity contribution in [1.29, 1.82) is 0 Å². The molecule has 0 unspecified atom stereocenters. The van der Waals surface area contributed by atoms with E-state index in [0.717, 1.165) is 36.1 Å². The van der Waals surface area contributed by atoms with E-state index in [4.69, 9.17) is 0 Å². The minimum atomic E-state index is -0.486. The molecule has 2 fully saturated rings. The number of Topliss-reactive ketones (excluding diaryl/α,β-unsaturated/α-hetero) is 1. The number of hydrogen-bond donors (Lipinski definition) is 2. The van der Waals surface area contributed by atoms with Gasteiger partial charge in [0.1, 0.15) is 0 Å². The Labute approximate surface area is 135 Å². The van der Waals surface area contributed by atoms with Crippen LogP contribution in [0.4, 0.5) is 0 Å². The van der Waals surface area contributed by atoms with E-state index in [2.05, 4.69) is 15.2 Å². The number of nitrogens with one attached hydrogen (secondary N) is 2. The minimum Gasteiger partial charge on any atom is -0.358 e. The van der Waals surface area contributed by atoms with Crippen LogP contribution < -0.4 is 5.32 Å². The summed E-state index contributed by atoms with van der Waals surface area (Å²) in [5.74, 6) is -0.926. The highest BCUT2D eigenvalue weighted by Crippen LogP contribution is 2.30. The summed E-state index contributed by atoms with van der Waals surface area (Å²) < 4.78 is 0. The van der Waals surface area contributed by atoms with E-state index in [1.54, 1.807) is 0 Å². The Hall–Kier alpha value is -2.14. The van der Waals surface area contributed by atoms with Crippen LogP contribution in [0, 0.1) is 6.92 Å². The third kappa shape index (κ3) is 2.65. The highest BCUT2D eigenvalue weighted by atomic mass is 16.2. The highest BCUT2D eigenvalue weighted by molar-refractivity contribution is 6.45. The van der Waals surface area contributed by atoms with Crippen LogP contribution in [0.5, 0.6) is 0 Å². The lowest BCUT2D eigenvalue weighted by Crippen LogP contribution is -2.41. The number of ketones is 1. The number of carbonyl (C=O) groups is 2. The van der Waals surface area contributed by atoms with Crippen molar-refractivity contribution < 1.29 is 9.59 Å². The average Bonchev–Trinajstić information content (AvgIpc) is 3.19. The number of likely N-dealkylation sites (tertiary alicyclic amines) is 1. The molecule has 0 radical (unpaired) electrons. The van der Waals surface area contributed by atoms with Crippen LogP contribution in [0.2, 0.25) is 0 Å². The molecule has 1 aromatic heterocycles. The number of amides is 1. The predicted molar refractivity (Wildman–Crippen MR) is 88.5 cm³/mol. The molecular weight excluding hydrogens is 290 g/mol. The van der Waals surface area contributed by atoms with Gasteiger partial charge in [0, 0.05) is 41.8 Å². The SMILES string of the molecule is Cc1[nH]c2ccccc2c1C(=O)C(=O)N[C@@H]1CCN(C2CC2)C1. The number of hydrogen-bond acceptors (Lipinski definition) is 3. The van der Waals surface area contributed by atoms with E-state index < -0.39 is 11.7 Å². The highest BCUT2D eigenvalue weighted by Gasteiger charge is 2.35. The Bertz CT molecular complexity index is 776. The van der Waals surface area contributed by atoms with E-state index in [1.165, 1.54) is 12.8 Å². The fourth-order valence-corrected chi connectivity index (χ4v) is 3.61. The summed E-state index contributed by atoms with van der Waals surface area (Å²) in [5.41, 5.74) is 2.13. The summed E-state index contributed by atoms with van der Waals surface area (Å²) in [7, 11) is 0. The maximum atomic E-state index is 12.6. The van der Waals surface area contributed by atoms with Gasteiger partial charge in [-0.2, -0.15) is 0 Å². The van der Waals surface area contributed by atoms with Gasteiger partial charge in [0.25, 0.3) is 11.7 Å². The van der Waals surface area contributed by atoms with E-state index in [0.29, 0.717) is 11.6 Å². The second kappa shape index (κ2) is 5.49. The number of H-pyrrole nitrogens is 1. The first kappa shape index (κ1) is 14.5. The second-order valence-corrected chi connectivity index (χ2v) is 6.68. The Morgan fingerprint density at radius 1 is 1.22 bits per heavy atom. The number of nitrogens with zero attached hydrogens (tertiary/aromatic N) is 1. The van der Waals surface area contributed by atoms with E-state index in [1.807, 2.05) is 31.2 Å². The molecule has 2 N–H and O–H groups in total. The Morgan fingerprint density at radius 2 is 2.00 bits per heavy atom. The number of para-hydroxylation sites is 1. The number of fused-ring (bicyclic) bond motifs is 1. The third-order valence-electron chi connectivity index (χ3n) is 4.95. The molecule has 1 aliphatic heterocycles. The topological polar surface area (TPSA) is 65.2 Å². The molecule has 4 rings (SSSR count). The van der Waals surface area contributed by atoms with Gasteiger partial charge < -0.3 is 10.3 Å². The van der Waals surface area contributed by atoms with Gasteiger partial charge in [0.15, 0.2) is 0 Å². The normalized spacial score (nSPS) is 21.7. The fraction of sp³-hybridized carbons (Fsp3) is 0.444. The zero-order chi connectivity index (χ0) is 16.0. The minimum absolute atomic E-state index is 0.0950. The Kier molecular flexibility index (Phi) is 3.45. The van der Waals surface area contributed by atoms with Gasteiger partial charge in [-0.3, -0.25) is 14.5 Å². The Balaban J connectivity index is 1.49. The number of aromatic amines is 1. The van der Waals surface area contributed by atoms with Crippen LogP contribution in [0.15, 0.2) is 24.3 Å². The van der Waals surface area contributed by atoms with Gasteiger partial charge in [0.2, 0.25) is 0 Å². The first-order valence-corrected chi connectivity index (χ1v) is 8.30. The largest absolute Gasteiger partial charge is 0.358 e. The summed E-state index contributed by atoms with van der Waals surface area (Å²) in [5, 5.41) is 3.74. The first-order chi connectivity index (χ1) is 11.1. The maximum absolute atomic E-state index is 12.6. The van der Waals surface area contributed by atoms with Gasteiger partial charge in [-0.15, -0.1) is 0 Å². The average molecular weight is 311 g/mol. The van der Waals surface area contributed by atoms with Crippen molar-refractivity contribution in [2.45, 2.75) is 38.3 Å². The zero-order valence-corrected chi connectivity index (χ0v) is 13.3. The standard InChI is InChI=1S/C18H21N3O2/c1-11-16(14-4-2-3-5-15(14)19-11)17(22)18(23)20-12-8-9-21(10-12)13-6-7-13/h2-5,12-13,19H,6-10H2,1H3,(H,20,23)/t12-/m1/s1. The van der Waals surface area contributed by atoms with E-state index >= 15 is 0 Å². The zero-order valence-electron chi connectivity index (χ0n) is 13.3. The maximum Gasteiger partial charge on any atom is 0.292 e. The van der Waals surface area contributed by atoms with E-state index in [9.17, 15) is 9.59 Å². The lowest BCUT2D eigenvalue weighted by molar-refractivity contribution is -0.117. The molecule has 0 bridgehead atoms. The van der Waals surface area contributed by atoms with E-state index in [-0.39, 0.29) is 6.04 Å². The summed E-state index contributed by atoms with van der Waals surface area (Å²) in [6.45, 7) is 3.73. The molecule has 5 nitrogen and oxygen atoms in total. The number of carbonyl (C=O) groups excluding carboxylic acids is 2. The van der Waals surface area contributed by atoms with Crippen molar-refractivity contribution in [3.05, 3.63) is 35.5 Å². The van der Waals surface area contributed by atoms with Crippen molar-refractivity contribution in [1.82, 2.24) is 15.2 Å². The lowest BCUT2D eigenvalue weighted by Gasteiger charge is -2.15. The van der Waals surface area contributed by atoms with Crippen LogP contribution in [0.3, 0.4) is 0 Å². The molecule has 5 heteroatoms. The summed E-state index contributed by atoms with van der Waals surface area (Å²) in [6.07, 6.45) is 3.48. The molecule has 2 aliphatic rings.